The monoisotopic (exact) mass is 407 g/mol. The number of carbonyl (C=O) groups excluding carboxylic acids is 3. The normalized spacial score (nSPS) is 14.8. The van der Waals surface area contributed by atoms with Crippen molar-refractivity contribution in [2.24, 2.45) is 11.7 Å². The van der Waals surface area contributed by atoms with Gasteiger partial charge in [0.25, 0.3) is 5.91 Å². The minimum atomic E-state index is -0.653. The summed E-state index contributed by atoms with van der Waals surface area (Å²) in [6.45, 7) is 0.503. The number of esters is 1. The van der Waals surface area contributed by atoms with E-state index in [1.54, 1.807) is 28.5 Å². The maximum Gasteiger partial charge on any atom is 0.358 e. The molecule has 1 saturated heterocycles. The van der Waals surface area contributed by atoms with E-state index in [9.17, 15) is 14.4 Å². The number of nitrogens with zero attached hydrogens (tertiary/aromatic N) is 2. The number of amides is 2. The molecule has 9 heteroatoms. The molecule has 142 valence electrons. The second-order valence-corrected chi connectivity index (χ2v) is 7.48. The Morgan fingerprint density at radius 3 is 2.70 bits per heavy atom. The van der Waals surface area contributed by atoms with E-state index >= 15 is 0 Å². The number of ether oxygens (including phenoxy) is 1. The number of carbonyl (C=O) groups is 3. The number of hydrogen-bond acceptors (Lipinski definition) is 6. The zero-order valence-corrected chi connectivity index (χ0v) is 16.0. The van der Waals surface area contributed by atoms with Crippen molar-refractivity contribution in [3.05, 3.63) is 40.4 Å². The molecule has 3 rings (SSSR count). The smallest absolute Gasteiger partial charge is 0.358 e. The van der Waals surface area contributed by atoms with Crippen LogP contribution in [0, 0.1) is 5.92 Å². The number of primary amides is 1. The number of halogens is 1. The summed E-state index contributed by atoms with van der Waals surface area (Å²) in [5, 5.41) is 2.81. The Balaban J connectivity index is 1.52. The highest BCUT2D eigenvalue weighted by molar-refractivity contribution is 7.13. The zero-order valence-electron chi connectivity index (χ0n) is 14.4. The van der Waals surface area contributed by atoms with Gasteiger partial charge in [0.1, 0.15) is 5.01 Å². The summed E-state index contributed by atoms with van der Waals surface area (Å²) in [4.78, 5) is 41.3. The molecule has 1 aromatic heterocycles. The first kappa shape index (κ1) is 19.3. The van der Waals surface area contributed by atoms with E-state index in [0.29, 0.717) is 36.0 Å². The van der Waals surface area contributed by atoms with Gasteiger partial charge in [-0.1, -0.05) is 23.7 Å². The lowest BCUT2D eigenvalue weighted by molar-refractivity contribution is -0.137. The lowest BCUT2D eigenvalue weighted by atomic mass is 9.96. The van der Waals surface area contributed by atoms with Gasteiger partial charge in [0.15, 0.2) is 12.3 Å². The molecular weight excluding hydrogens is 390 g/mol. The van der Waals surface area contributed by atoms with Crippen LogP contribution >= 0.6 is 22.9 Å². The van der Waals surface area contributed by atoms with Crippen molar-refractivity contribution in [1.29, 1.82) is 0 Å². The third kappa shape index (κ3) is 4.84. The van der Waals surface area contributed by atoms with E-state index in [4.69, 9.17) is 22.1 Å². The molecule has 0 unspecified atom stereocenters. The fourth-order valence-corrected chi connectivity index (χ4v) is 3.80. The van der Waals surface area contributed by atoms with E-state index in [0.717, 1.165) is 5.56 Å². The van der Waals surface area contributed by atoms with Crippen LogP contribution < -0.4 is 5.73 Å². The number of aromatic nitrogens is 1. The van der Waals surface area contributed by atoms with Crippen LogP contribution in [0.15, 0.2) is 29.6 Å². The minimum Gasteiger partial charge on any atom is -0.451 e. The molecule has 7 nitrogen and oxygen atoms in total. The number of hydrogen-bond donors (Lipinski definition) is 1. The van der Waals surface area contributed by atoms with Crippen molar-refractivity contribution in [1.82, 2.24) is 9.88 Å². The van der Waals surface area contributed by atoms with Gasteiger partial charge < -0.3 is 15.4 Å². The van der Waals surface area contributed by atoms with Gasteiger partial charge >= 0.3 is 5.97 Å². The Kier molecular flexibility index (Phi) is 6.08. The molecule has 0 bridgehead atoms. The number of thiazole rings is 1. The number of benzene rings is 1. The van der Waals surface area contributed by atoms with E-state index in [-0.39, 0.29) is 30.0 Å². The molecule has 2 heterocycles. The van der Waals surface area contributed by atoms with Crippen molar-refractivity contribution < 1.29 is 19.1 Å². The van der Waals surface area contributed by atoms with Crippen molar-refractivity contribution in [2.75, 3.05) is 19.7 Å². The molecule has 0 spiro atoms. The Hall–Kier alpha value is -2.45. The van der Waals surface area contributed by atoms with Crippen LogP contribution in [0.25, 0.3) is 10.6 Å². The predicted octanol–water partition coefficient (Wildman–Crippen LogP) is 2.34. The third-order valence-electron chi connectivity index (χ3n) is 4.36. The standard InChI is InChI=1S/C18H18ClN3O4S/c19-13-3-1-2-12(8-13)17-21-14(10-27-17)18(25)26-9-15(23)22-6-4-11(5-7-22)16(20)24/h1-3,8,10-11H,4-7,9H2,(H2,20,24). The van der Waals surface area contributed by atoms with Crippen molar-refractivity contribution in [3.8, 4) is 10.6 Å². The van der Waals surface area contributed by atoms with Crippen molar-refractivity contribution in [2.45, 2.75) is 12.8 Å². The maximum atomic E-state index is 12.2. The maximum absolute atomic E-state index is 12.2. The second-order valence-electron chi connectivity index (χ2n) is 6.18. The van der Waals surface area contributed by atoms with Gasteiger partial charge in [-0.2, -0.15) is 0 Å². The second kappa shape index (κ2) is 8.49. The molecule has 2 aromatic rings. The molecule has 0 aliphatic carbocycles. The first-order valence-corrected chi connectivity index (χ1v) is 9.65. The number of likely N-dealkylation sites (tertiary alicyclic amines) is 1. The first-order chi connectivity index (χ1) is 12.9. The summed E-state index contributed by atoms with van der Waals surface area (Å²) < 4.78 is 5.09. The van der Waals surface area contributed by atoms with Crippen molar-refractivity contribution >= 4 is 40.7 Å². The molecular formula is C18H18ClN3O4S. The van der Waals surface area contributed by atoms with Crippen LogP contribution in [0.4, 0.5) is 0 Å². The Bertz CT molecular complexity index is 862. The van der Waals surface area contributed by atoms with Gasteiger partial charge in [0.2, 0.25) is 5.91 Å². The largest absolute Gasteiger partial charge is 0.451 e. The van der Waals surface area contributed by atoms with E-state index in [1.807, 2.05) is 6.07 Å². The van der Waals surface area contributed by atoms with Gasteiger partial charge in [-0.3, -0.25) is 9.59 Å². The van der Waals surface area contributed by atoms with E-state index in [1.165, 1.54) is 11.3 Å². The van der Waals surface area contributed by atoms with Crippen LogP contribution in [-0.4, -0.2) is 47.4 Å². The lowest BCUT2D eigenvalue weighted by Gasteiger charge is -2.30. The average Bonchev–Trinajstić information content (AvgIpc) is 3.16. The highest BCUT2D eigenvalue weighted by Crippen LogP contribution is 2.26. The van der Waals surface area contributed by atoms with Gasteiger partial charge in [-0.05, 0) is 25.0 Å². The first-order valence-electron chi connectivity index (χ1n) is 8.39. The zero-order chi connectivity index (χ0) is 19.4. The van der Waals surface area contributed by atoms with Crippen LogP contribution in [0.3, 0.4) is 0 Å². The minimum absolute atomic E-state index is 0.148. The van der Waals surface area contributed by atoms with Gasteiger partial charge in [-0.25, -0.2) is 9.78 Å². The molecule has 0 radical (unpaired) electrons. The average molecular weight is 408 g/mol. The summed E-state index contributed by atoms with van der Waals surface area (Å²) in [7, 11) is 0. The molecule has 0 saturated carbocycles. The van der Waals surface area contributed by atoms with Gasteiger partial charge in [0.05, 0.1) is 0 Å². The Morgan fingerprint density at radius 1 is 1.30 bits per heavy atom. The van der Waals surface area contributed by atoms with Crippen LogP contribution in [-0.2, 0) is 14.3 Å². The van der Waals surface area contributed by atoms with Crippen LogP contribution in [0.2, 0.25) is 5.02 Å². The summed E-state index contributed by atoms with van der Waals surface area (Å²) in [6.07, 6.45) is 1.06. The third-order valence-corrected chi connectivity index (χ3v) is 5.49. The number of rotatable bonds is 5. The summed E-state index contributed by atoms with van der Waals surface area (Å²) in [5.41, 5.74) is 6.23. The fraction of sp³-hybridized carbons (Fsp3) is 0.333. The van der Waals surface area contributed by atoms with E-state index in [2.05, 4.69) is 4.98 Å². The fourth-order valence-electron chi connectivity index (χ4n) is 2.83. The van der Waals surface area contributed by atoms with E-state index < -0.39 is 5.97 Å². The van der Waals surface area contributed by atoms with Crippen LogP contribution in [0.5, 0.6) is 0 Å². The molecule has 1 aliphatic rings. The summed E-state index contributed by atoms with van der Waals surface area (Å²) in [5.74, 6) is -1.49. The van der Waals surface area contributed by atoms with Crippen LogP contribution in [0.1, 0.15) is 23.3 Å². The SMILES string of the molecule is NC(=O)C1CCN(C(=O)COC(=O)c2csc(-c3cccc(Cl)c3)n2)CC1. The van der Waals surface area contributed by atoms with Crippen molar-refractivity contribution in [3.63, 3.8) is 0 Å². The summed E-state index contributed by atoms with van der Waals surface area (Å²) in [6, 6.07) is 7.16. The van der Waals surface area contributed by atoms with Gasteiger partial charge in [0, 0.05) is 35.0 Å². The number of nitrogens with two attached hydrogens (primary N) is 1. The topological polar surface area (TPSA) is 103 Å². The highest BCUT2D eigenvalue weighted by atomic mass is 35.5. The quantitative estimate of drug-likeness (QED) is 0.766. The highest BCUT2D eigenvalue weighted by Gasteiger charge is 2.26. The van der Waals surface area contributed by atoms with Gasteiger partial charge in [-0.15, -0.1) is 11.3 Å². The molecule has 1 aliphatic heterocycles. The lowest BCUT2D eigenvalue weighted by Crippen LogP contribution is -2.43. The summed E-state index contributed by atoms with van der Waals surface area (Å²) >= 11 is 7.26. The Morgan fingerprint density at radius 2 is 2.04 bits per heavy atom. The molecule has 27 heavy (non-hydrogen) atoms. The number of piperidine rings is 1. The molecule has 0 atom stereocenters. The molecule has 2 N–H and O–H groups in total. The molecule has 1 fully saturated rings. The Labute approximate surface area is 165 Å². The predicted molar refractivity (Wildman–Crippen MR) is 101 cm³/mol. The molecule has 1 aromatic carbocycles. The molecule has 2 amide bonds.